The van der Waals surface area contributed by atoms with E-state index in [0.29, 0.717) is 0 Å². The van der Waals surface area contributed by atoms with E-state index in [1.807, 2.05) is 0 Å². The third-order valence-electron chi connectivity index (χ3n) is 1.19. The second kappa shape index (κ2) is 7.30. The predicted molar refractivity (Wildman–Crippen MR) is 51.9 cm³/mol. The topological polar surface area (TPSA) is 77.8 Å². The molecule has 5 heteroatoms. The van der Waals surface area contributed by atoms with Gasteiger partial charge in [0.1, 0.15) is 0 Å². The Kier molecular flexibility index (Phi) is 6.53. The van der Waals surface area contributed by atoms with E-state index in [1.54, 1.807) is 0 Å². The summed E-state index contributed by atoms with van der Waals surface area (Å²) >= 11 is 0. The molecule has 0 aliphatic rings. The Bertz CT molecular complexity index is 261. The van der Waals surface area contributed by atoms with E-state index in [2.05, 4.69) is 29.4 Å². The summed E-state index contributed by atoms with van der Waals surface area (Å²) in [5.41, 5.74) is -0.603. The van der Waals surface area contributed by atoms with Crippen molar-refractivity contribution in [1.82, 2.24) is 15.5 Å². The minimum Gasteiger partial charge on any atom is -0.317 e. The van der Waals surface area contributed by atoms with Crippen molar-refractivity contribution >= 4 is 0 Å². The van der Waals surface area contributed by atoms with Crippen LogP contribution in [0.5, 0.6) is 0 Å². The Labute approximate surface area is 76.2 Å². The molecule has 0 spiro atoms. The molecule has 1 aromatic rings. The van der Waals surface area contributed by atoms with Gasteiger partial charge in [-0.15, -0.1) is 0 Å². The summed E-state index contributed by atoms with van der Waals surface area (Å²) in [4.78, 5) is 20.4. The molecule has 1 heterocycles. The maximum Gasteiger partial charge on any atom is 0.262 e. The molecule has 0 bridgehead atoms. The Hall–Kier alpha value is -1.36. The van der Waals surface area contributed by atoms with Gasteiger partial charge in [0.15, 0.2) is 0 Å². The van der Waals surface area contributed by atoms with Gasteiger partial charge in [0, 0.05) is 12.1 Å². The van der Waals surface area contributed by atoms with Gasteiger partial charge in [-0.25, -0.2) is 0 Å². The lowest BCUT2D eigenvalue weighted by Crippen LogP contribution is -2.14. The van der Waals surface area contributed by atoms with Gasteiger partial charge in [0.05, 0.1) is 0 Å². The van der Waals surface area contributed by atoms with Crippen molar-refractivity contribution in [3.05, 3.63) is 32.8 Å². The third kappa shape index (κ3) is 7.02. The zero-order valence-corrected chi connectivity index (χ0v) is 7.89. The number of hydrogen-bond donors (Lipinski definition) is 3. The highest BCUT2D eigenvalue weighted by Gasteiger charge is 1.77. The number of hydrogen-bond acceptors (Lipinski definition) is 3. The summed E-state index contributed by atoms with van der Waals surface area (Å²) in [6.07, 6.45) is 0. The molecule has 0 atom stereocenters. The summed E-state index contributed by atoms with van der Waals surface area (Å²) in [6, 6.07) is 2.33. The summed E-state index contributed by atoms with van der Waals surface area (Å²) in [7, 11) is 0. The van der Waals surface area contributed by atoms with E-state index in [-0.39, 0.29) is 11.1 Å². The number of aromatic amines is 2. The molecule has 0 unspecified atom stereocenters. The molecule has 3 N–H and O–H groups in total. The molecule has 0 saturated heterocycles. The van der Waals surface area contributed by atoms with Crippen molar-refractivity contribution in [3.8, 4) is 0 Å². The largest absolute Gasteiger partial charge is 0.317 e. The fourth-order valence-corrected chi connectivity index (χ4v) is 0.608. The third-order valence-corrected chi connectivity index (χ3v) is 1.19. The Morgan fingerprint density at radius 3 is 1.62 bits per heavy atom. The minimum absolute atomic E-state index is 0.301. The second-order valence-electron chi connectivity index (χ2n) is 2.27. The monoisotopic (exact) mass is 185 g/mol. The summed E-state index contributed by atoms with van der Waals surface area (Å²) < 4.78 is 0. The van der Waals surface area contributed by atoms with E-state index < -0.39 is 0 Å². The molecule has 0 amide bonds. The van der Waals surface area contributed by atoms with Crippen molar-refractivity contribution in [2.45, 2.75) is 13.8 Å². The van der Waals surface area contributed by atoms with Crippen molar-refractivity contribution in [1.29, 1.82) is 0 Å². The normalized spacial score (nSPS) is 8.77. The summed E-state index contributed by atoms with van der Waals surface area (Å²) in [6.45, 7) is 6.39. The maximum absolute atomic E-state index is 10.2. The zero-order chi connectivity index (χ0) is 10.1. The molecule has 1 rings (SSSR count). The highest BCUT2D eigenvalue weighted by molar-refractivity contribution is 4.82. The lowest BCUT2D eigenvalue weighted by Gasteiger charge is -1.86. The highest BCUT2D eigenvalue weighted by atomic mass is 16.1. The smallest absolute Gasteiger partial charge is 0.262 e. The predicted octanol–water partition coefficient (Wildman–Crippen LogP) is -0.321. The van der Waals surface area contributed by atoms with E-state index in [4.69, 9.17) is 0 Å². The quantitative estimate of drug-likeness (QED) is 0.591. The molecular formula is C8H15N3O2. The fourth-order valence-electron chi connectivity index (χ4n) is 0.608. The van der Waals surface area contributed by atoms with Crippen molar-refractivity contribution < 1.29 is 0 Å². The Morgan fingerprint density at radius 1 is 1.08 bits per heavy atom. The first-order valence-electron chi connectivity index (χ1n) is 4.19. The number of nitrogens with one attached hydrogen (secondary N) is 3. The van der Waals surface area contributed by atoms with Gasteiger partial charge in [-0.3, -0.25) is 19.8 Å². The number of H-pyrrole nitrogens is 2. The fraction of sp³-hybridized carbons (Fsp3) is 0.500. The molecule has 74 valence electrons. The first-order valence-corrected chi connectivity index (χ1v) is 4.19. The van der Waals surface area contributed by atoms with Crippen LogP contribution in [0.25, 0.3) is 0 Å². The summed E-state index contributed by atoms with van der Waals surface area (Å²) in [5, 5.41) is 7.32. The van der Waals surface area contributed by atoms with Gasteiger partial charge in [-0.05, 0) is 13.1 Å². The number of aromatic nitrogens is 2. The van der Waals surface area contributed by atoms with Crippen LogP contribution in [-0.2, 0) is 0 Å². The average Bonchev–Trinajstić information content (AvgIpc) is 2.13. The molecule has 0 aromatic carbocycles. The minimum atomic E-state index is -0.301. The highest BCUT2D eigenvalue weighted by Crippen LogP contribution is 1.50. The summed E-state index contributed by atoms with van der Waals surface area (Å²) in [5.74, 6) is 0. The average molecular weight is 185 g/mol. The molecule has 5 nitrogen and oxygen atoms in total. The van der Waals surface area contributed by atoms with E-state index in [0.717, 1.165) is 13.1 Å². The Morgan fingerprint density at radius 2 is 1.46 bits per heavy atom. The lowest BCUT2D eigenvalue weighted by molar-refractivity contribution is 0.762. The van der Waals surface area contributed by atoms with Crippen LogP contribution < -0.4 is 16.4 Å². The van der Waals surface area contributed by atoms with Crippen LogP contribution >= 0.6 is 0 Å². The van der Waals surface area contributed by atoms with Crippen LogP contribution in [0.3, 0.4) is 0 Å². The first-order chi connectivity index (χ1) is 6.20. The van der Waals surface area contributed by atoms with Gasteiger partial charge in [-0.2, -0.15) is 0 Å². The van der Waals surface area contributed by atoms with Gasteiger partial charge >= 0.3 is 0 Å². The second-order valence-corrected chi connectivity index (χ2v) is 2.27. The van der Waals surface area contributed by atoms with Crippen molar-refractivity contribution in [2.75, 3.05) is 13.1 Å². The van der Waals surface area contributed by atoms with Crippen LogP contribution in [0.4, 0.5) is 0 Å². The van der Waals surface area contributed by atoms with E-state index in [1.165, 1.54) is 12.1 Å². The van der Waals surface area contributed by atoms with Gasteiger partial charge in [-0.1, -0.05) is 13.8 Å². The molecule has 0 aliphatic heterocycles. The lowest BCUT2D eigenvalue weighted by atomic mass is 10.6. The van der Waals surface area contributed by atoms with Crippen LogP contribution in [0, 0.1) is 0 Å². The van der Waals surface area contributed by atoms with Gasteiger partial charge in [0.2, 0.25) is 0 Å². The zero-order valence-electron chi connectivity index (χ0n) is 7.89. The molecule has 1 aromatic heterocycles. The molecule has 0 radical (unpaired) electrons. The van der Waals surface area contributed by atoms with Crippen LogP contribution in [0.2, 0.25) is 0 Å². The molecule has 13 heavy (non-hydrogen) atoms. The standard InChI is InChI=1S/C4H4N2O2.C4H11N/c7-3-1-2-4(8)6-5-3;1-3-5-4-2/h1-2H,(H,5,7)(H,6,8);5H,3-4H2,1-2H3. The van der Waals surface area contributed by atoms with Gasteiger partial charge in [0.25, 0.3) is 11.1 Å². The molecular weight excluding hydrogens is 170 g/mol. The molecule has 0 fully saturated rings. The molecule has 0 aliphatic carbocycles. The first kappa shape index (κ1) is 11.6. The van der Waals surface area contributed by atoms with Gasteiger partial charge < -0.3 is 5.32 Å². The SMILES string of the molecule is CCNCC.O=c1ccc(=O)[nH][nH]1. The molecule has 0 saturated carbocycles. The van der Waals surface area contributed by atoms with Crippen LogP contribution in [0.15, 0.2) is 21.7 Å². The van der Waals surface area contributed by atoms with E-state index in [9.17, 15) is 9.59 Å². The van der Waals surface area contributed by atoms with Crippen molar-refractivity contribution in [2.24, 2.45) is 0 Å². The Balaban J connectivity index is 0.000000252. The van der Waals surface area contributed by atoms with Crippen molar-refractivity contribution in [3.63, 3.8) is 0 Å². The van der Waals surface area contributed by atoms with E-state index >= 15 is 0 Å². The van der Waals surface area contributed by atoms with Crippen LogP contribution in [0.1, 0.15) is 13.8 Å². The maximum atomic E-state index is 10.2. The van der Waals surface area contributed by atoms with Crippen LogP contribution in [-0.4, -0.2) is 23.3 Å². The number of rotatable bonds is 2.